The first-order chi connectivity index (χ1) is 11.6. The summed E-state index contributed by atoms with van der Waals surface area (Å²) in [6.45, 7) is 1.82. The van der Waals surface area contributed by atoms with Crippen LogP contribution in [0.5, 0.6) is 5.75 Å². The van der Waals surface area contributed by atoms with Crippen LogP contribution >= 0.6 is 11.8 Å². The maximum atomic E-state index is 12.6. The summed E-state index contributed by atoms with van der Waals surface area (Å²) >= 11 is 1.69. The second-order valence-corrected chi connectivity index (χ2v) is 8.03. The first-order valence-corrected chi connectivity index (χ1v) is 10.2. The van der Waals surface area contributed by atoms with Crippen molar-refractivity contribution in [3.8, 4) is 5.75 Å². The minimum Gasteiger partial charge on any atom is -0.481 e. The first-order valence-electron chi connectivity index (χ1n) is 8.93. The van der Waals surface area contributed by atoms with Gasteiger partial charge in [-0.3, -0.25) is 4.79 Å². The monoisotopic (exact) mass is 348 g/mol. The van der Waals surface area contributed by atoms with Crippen molar-refractivity contribution in [2.45, 2.75) is 62.1 Å². The number of carbonyl (C=O) groups excluding carboxylic acids is 1. The quantitative estimate of drug-likeness (QED) is 0.802. The van der Waals surface area contributed by atoms with Crippen molar-refractivity contribution in [1.29, 1.82) is 0 Å². The Bertz CT molecular complexity index is 549. The van der Waals surface area contributed by atoms with Crippen LogP contribution in [0.3, 0.4) is 0 Å². The molecule has 132 valence electrons. The van der Waals surface area contributed by atoms with Crippen molar-refractivity contribution in [3.63, 3.8) is 0 Å². The Morgan fingerprint density at radius 1 is 1.25 bits per heavy atom. The van der Waals surface area contributed by atoms with Crippen molar-refractivity contribution in [2.24, 2.45) is 17.6 Å². The maximum Gasteiger partial charge on any atom is 0.261 e. The average Bonchev–Trinajstić information content (AvgIpc) is 2.56. The smallest absolute Gasteiger partial charge is 0.261 e. The van der Waals surface area contributed by atoms with Crippen LogP contribution in [0.15, 0.2) is 29.2 Å². The Kier molecular flexibility index (Phi) is 5.72. The molecule has 2 saturated carbocycles. The largest absolute Gasteiger partial charge is 0.481 e. The standard InChI is InChI=1S/C19H28N2O2S/c1-12(23-16-6-8-17(24-2)9-7-16)19(22)21-18-13-4-3-5-14(18)11-15(20)10-13/h6-9,12-15,18H,3-5,10-11,20H2,1-2H3,(H,21,22). The van der Waals surface area contributed by atoms with E-state index >= 15 is 0 Å². The van der Waals surface area contributed by atoms with Gasteiger partial charge in [-0.25, -0.2) is 0 Å². The van der Waals surface area contributed by atoms with Crippen LogP contribution < -0.4 is 15.8 Å². The Morgan fingerprint density at radius 2 is 1.88 bits per heavy atom. The van der Waals surface area contributed by atoms with Crippen LogP contribution in [0.1, 0.15) is 39.0 Å². The van der Waals surface area contributed by atoms with E-state index in [0.717, 1.165) is 18.6 Å². The molecule has 1 amide bonds. The highest BCUT2D eigenvalue weighted by atomic mass is 32.2. The van der Waals surface area contributed by atoms with Crippen LogP contribution in [0.4, 0.5) is 0 Å². The molecule has 0 spiro atoms. The second-order valence-electron chi connectivity index (χ2n) is 7.15. The van der Waals surface area contributed by atoms with Gasteiger partial charge in [0.2, 0.25) is 0 Å². The number of hydrogen-bond acceptors (Lipinski definition) is 4. The summed E-state index contributed by atoms with van der Waals surface area (Å²) in [4.78, 5) is 13.8. The van der Waals surface area contributed by atoms with E-state index in [4.69, 9.17) is 10.5 Å². The summed E-state index contributed by atoms with van der Waals surface area (Å²) in [5, 5.41) is 3.26. The molecule has 2 bridgehead atoms. The summed E-state index contributed by atoms with van der Waals surface area (Å²) in [6.07, 6.45) is 7.25. The zero-order valence-electron chi connectivity index (χ0n) is 14.5. The molecule has 0 heterocycles. The van der Waals surface area contributed by atoms with Crippen molar-refractivity contribution >= 4 is 17.7 Å². The lowest BCUT2D eigenvalue weighted by molar-refractivity contribution is -0.129. The van der Waals surface area contributed by atoms with Crippen LogP contribution in [0, 0.1) is 11.8 Å². The number of benzene rings is 1. The van der Waals surface area contributed by atoms with Gasteiger partial charge in [0, 0.05) is 17.0 Å². The number of carbonyl (C=O) groups is 1. The van der Waals surface area contributed by atoms with E-state index in [0.29, 0.717) is 17.9 Å². The maximum absolute atomic E-state index is 12.6. The number of nitrogens with one attached hydrogen (secondary N) is 1. The van der Waals surface area contributed by atoms with Crippen LogP contribution in [-0.4, -0.2) is 30.4 Å². The molecule has 0 radical (unpaired) electrons. The van der Waals surface area contributed by atoms with Crippen molar-refractivity contribution in [1.82, 2.24) is 5.32 Å². The Hall–Kier alpha value is -1.20. The minimum atomic E-state index is -0.485. The fourth-order valence-corrected chi connectivity index (χ4v) is 4.63. The molecule has 0 aliphatic heterocycles. The lowest BCUT2D eigenvalue weighted by Crippen LogP contribution is -2.55. The molecule has 2 aliphatic rings. The number of nitrogens with two attached hydrogens (primary N) is 1. The Labute approximate surface area is 148 Å². The second kappa shape index (κ2) is 7.79. The average molecular weight is 349 g/mol. The van der Waals surface area contributed by atoms with Crippen LogP contribution in [0.25, 0.3) is 0 Å². The normalized spacial score (nSPS) is 30.5. The van der Waals surface area contributed by atoms with Crippen LogP contribution in [-0.2, 0) is 4.79 Å². The van der Waals surface area contributed by atoms with Gasteiger partial charge in [-0.15, -0.1) is 11.8 Å². The van der Waals surface area contributed by atoms with Gasteiger partial charge in [0.1, 0.15) is 5.75 Å². The van der Waals surface area contributed by atoms with Gasteiger partial charge in [0.15, 0.2) is 6.10 Å². The summed E-state index contributed by atoms with van der Waals surface area (Å²) < 4.78 is 5.81. The van der Waals surface area contributed by atoms with E-state index in [1.165, 1.54) is 24.2 Å². The molecule has 3 unspecified atom stereocenters. The topological polar surface area (TPSA) is 64.3 Å². The van der Waals surface area contributed by atoms with Gasteiger partial charge in [0.25, 0.3) is 5.91 Å². The van der Waals surface area contributed by atoms with Gasteiger partial charge in [-0.2, -0.15) is 0 Å². The van der Waals surface area contributed by atoms with Gasteiger partial charge < -0.3 is 15.8 Å². The summed E-state index contributed by atoms with van der Waals surface area (Å²) in [7, 11) is 0. The zero-order chi connectivity index (χ0) is 17.1. The van der Waals surface area contributed by atoms with E-state index in [1.54, 1.807) is 11.8 Å². The predicted octanol–water partition coefficient (Wildman–Crippen LogP) is 3.20. The molecule has 0 aromatic heterocycles. The lowest BCUT2D eigenvalue weighted by Gasteiger charge is -2.45. The number of thioether (sulfide) groups is 1. The van der Waals surface area contributed by atoms with E-state index in [9.17, 15) is 4.79 Å². The van der Waals surface area contributed by atoms with Gasteiger partial charge in [-0.1, -0.05) is 6.42 Å². The summed E-state index contributed by atoms with van der Waals surface area (Å²) in [6, 6.07) is 8.44. The van der Waals surface area contributed by atoms with E-state index in [-0.39, 0.29) is 11.9 Å². The molecule has 2 fully saturated rings. The molecule has 2 aliphatic carbocycles. The molecule has 1 aromatic rings. The van der Waals surface area contributed by atoms with Crippen molar-refractivity contribution < 1.29 is 9.53 Å². The molecular formula is C19H28N2O2S. The number of amides is 1. The number of ether oxygens (including phenoxy) is 1. The number of hydrogen-bond donors (Lipinski definition) is 2. The first kappa shape index (κ1) is 17.6. The fraction of sp³-hybridized carbons (Fsp3) is 0.632. The highest BCUT2D eigenvalue weighted by molar-refractivity contribution is 7.98. The van der Waals surface area contributed by atoms with Crippen molar-refractivity contribution in [3.05, 3.63) is 24.3 Å². The van der Waals surface area contributed by atoms with Crippen molar-refractivity contribution in [2.75, 3.05) is 6.26 Å². The van der Waals surface area contributed by atoms with E-state index in [2.05, 4.69) is 5.32 Å². The summed E-state index contributed by atoms with van der Waals surface area (Å²) in [5.41, 5.74) is 6.16. The van der Waals surface area contributed by atoms with Gasteiger partial charge >= 0.3 is 0 Å². The highest BCUT2D eigenvalue weighted by Gasteiger charge is 2.40. The molecule has 5 heteroatoms. The molecule has 3 atom stereocenters. The summed E-state index contributed by atoms with van der Waals surface area (Å²) in [5.74, 6) is 1.79. The number of rotatable bonds is 5. The molecule has 4 nitrogen and oxygen atoms in total. The minimum absolute atomic E-state index is 0.0127. The van der Waals surface area contributed by atoms with E-state index < -0.39 is 6.10 Å². The molecule has 3 rings (SSSR count). The molecule has 1 aromatic carbocycles. The van der Waals surface area contributed by atoms with Gasteiger partial charge in [-0.05, 0) is 75.0 Å². The molecular weight excluding hydrogens is 320 g/mol. The van der Waals surface area contributed by atoms with Crippen LogP contribution in [0.2, 0.25) is 0 Å². The highest BCUT2D eigenvalue weighted by Crippen LogP contribution is 2.39. The van der Waals surface area contributed by atoms with E-state index in [1.807, 2.05) is 37.4 Å². The Balaban J connectivity index is 1.57. The molecule has 3 N–H and O–H groups in total. The molecule has 24 heavy (non-hydrogen) atoms. The predicted molar refractivity (Wildman–Crippen MR) is 98.3 cm³/mol. The third-order valence-electron chi connectivity index (χ3n) is 5.43. The molecule has 0 saturated heterocycles. The van der Waals surface area contributed by atoms with Gasteiger partial charge in [0.05, 0.1) is 0 Å². The Morgan fingerprint density at radius 3 is 2.46 bits per heavy atom. The third kappa shape index (κ3) is 4.06. The number of fused-ring (bicyclic) bond motifs is 2. The lowest BCUT2D eigenvalue weighted by atomic mass is 9.67. The fourth-order valence-electron chi connectivity index (χ4n) is 4.22. The SMILES string of the molecule is CSc1ccc(OC(C)C(=O)NC2C3CCCC2CC(N)C3)cc1. The zero-order valence-corrected chi connectivity index (χ0v) is 15.4. The third-order valence-corrected chi connectivity index (χ3v) is 6.17.